The van der Waals surface area contributed by atoms with Gasteiger partial charge >= 0.3 is 0 Å². The molecule has 2 saturated heterocycles. The monoisotopic (exact) mass is 449 g/mol. The number of unbranched alkanes of at least 4 members (excludes halogenated alkanes) is 1. The van der Waals surface area contributed by atoms with Crippen molar-refractivity contribution in [2.45, 2.75) is 88.7 Å². The average molecular weight is 450 g/mol. The van der Waals surface area contributed by atoms with Gasteiger partial charge in [0.05, 0.1) is 31.0 Å². The molecule has 1 aromatic rings. The fourth-order valence-electron chi connectivity index (χ4n) is 4.65. The fourth-order valence-corrected chi connectivity index (χ4v) is 4.65. The molecule has 6 atom stereocenters. The number of ether oxygens (including phenoxy) is 2. The molecule has 4 N–H and O–H groups in total. The number of carbonyl (C=O) groups excluding carboxylic acids is 1. The summed E-state index contributed by atoms with van der Waals surface area (Å²) in [5.41, 5.74) is 0. The van der Waals surface area contributed by atoms with E-state index >= 15 is 0 Å². The largest absolute Gasteiger partial charge is 0.492 e. The van der Waals surface area contributed by atoms with Crippen molar-refractivity contribution in [3.05, 3.63) is 24.5 Å². The normalized spacial score (nSPS) is 29.7. The van der Waals surface area contributed by atoms with Crippen LogP contribution in [0.3, 0.4) is 0 Å². The molecule has 32 heavy (non-hydrogen) atoms. The van der Waals surface area contributed by atoms with E-state index in [9.17, 15) is 15.0 Å². The Balaban J connectivity index is 1.36. The number of hydrogen-bond donors (Lipinski definition) is 4. The van der Waals surface area contributed by atoms with Crippen molar-refractivity contribution < 1.29 is 24.5 Å². The number of pyridine rings is 1. The van der Waals surface area contributed by atoms with Gasteiger partial charge in [-0.25, -0.2) is 0 Å². The smallest absolute Gasteiger partial charge is 0.237 e. The van der Waals surface area contributed by atoms with Crippen molar-refractivity contribution in [3.8, 4) is 5.75 Å². The second-order valence-electron chi connectivity index (χ2n) is 8.98. The molecule has 3 rings (SSSR count). The fraction of sp³-hybridized carbons (Fsp3) is 0.750. The van der Waals surface area contributed by atoms with Gasteiger partial charge in [-0.1, -0.05) is 13.3 Å². The molecule has 8 heteroatoms. The van der Waals surface area contributed by atoms with E-state index in [1.807, 2.05) is 19.1 Å². The minimum absolute atomic E-state index is 0.0433. The summed E-state index contributed by atoms with van der Waals surface area (Å²) in [7, 11) is 0. The zero-order chi connectivity index (χ0) is 22.8. The SMILES string of the molecule is CC[C@@H](NC(=O)[C@@H]1CC[C@H](CCCCOc2cccnc2)CCN1)[C@H]1OCC[C@@H](O)[C@H]1O. The first-order valence-electron chi connectivity index (χ1n) is 12.1. The number of aliphatic hydroxyl groups is 2. The molecule has 0 bridgehead atoms. The number of carbonyl (C=O) groups is 1. The third-order valence-corrected chi connectivity index (χ3v) is 6.65. The van der Waals surface area contributed by atoms with Crippen LogP contribution in [-0.2, 0) is 9.53 Å². The molecule has 0 aliphatic carbocycles. The second-order valence-corrected chi connectivity index (χ2v) is 8.98. The molecule has 8 nitrogen and oxygen atoms in total. The summed E-state index contributed by atoms with van der Waals surface area (Å²) in [5.74, 6) is 1.38. The first-order valence-corrected chi connectivity index (χ1v) is 12.1. The minimum atomic E-state index is -0.970. The Labute approximate surface area is 191 Å². The molecule has 180 valence electrons. The zero-order valence-electron chi connectivity index (χ0n) is 19.1. The summed E-state index contributed by atoms with van der Waals surface area (Å²) in [6.07, 6.45) is 8.34. The summed E-state index contributed by atoms with van der Waals surface area (Å²) in [5, 5.41) is 26.7. The van der Waals surface area contributed by atoms with Gasteiger partial charge in [-0.05, 0) is 69.5 Å². The van der Waals surface area contributed by atoms with Crippen LogP contribution in [0.25, 0.3) is 0 Å². The van der Waals surface area contributed by atoms with E-state index in [0.29, 0.717) is 32.0 Å². The second kappa shape index (κ2) is 13.1. The van der Waals surface area contributed by atoms with E-state index in [-0.39, 0.29) is 18.0 Å². The molecular formula is C24H39N3O5. The number of aliphatic hydroxyl groups excluding tert-OH is 2. The highest BCUT2D eigenvalue weighted by Gasteiger charge is 2.37. The number of nitrogens with one attached hydrogen (secondary N) is 2. The summed E-state index contributed by atoms with van der Waals surface area (Å²) in [6, 6.07) is 3.25. The summed E-state index contributed by atoms with van der Waals surface area (Å²) in [4.78, 5) is 16.9. The molecule has 1 amide bonds. The van der Waals surface area contributed by atoms with Crippen LogP contribution in [0.2, 0.25) is 0 Å². The van der Waals surface area contributed by atoms with Gasteiger partial charge in [0.15, 0.2) is 0 Å². The van der Waals surface area contributed by atoms with E-state index in [1.165, 1.54) is 0 Å². The Bertz CT molecular complexity index is 677. The van der Waals surface area contributed by atoms with Crippen molar-refractivity contribution in [2.75, 3.05) is 19.8 Å². The highest BCUT2D eigenvalue weighted by Crippen LogP contribution is 2.23. The third-order valence-electron chi connectivity index (χ3n) is 6.65. The molecule has 1 aromatic heterocycles. The van der Waals surface area contributed by atoms with E-state index in [1.54, 1.807) is 12.4 Å². The third kappa shape index (κ3) is 7.40. The number of rotatable bonds is 10. The maximum absolute atomic E-state index is 12.9. The molecule has 0 spiro atoms. The van der Waals surface area contributed by atoms with Crippen molar-refractivity contribution in [1.82, 2.24) is 15.6 Å². The van der Waals surface area contributed by atoms with Crippen LogP contribution in [0.4, 0.5) is 0 Å². The van der Waals surface area contributed by atoms with Gasteiger partial charge in [-0.2, -0.15) is 0 Å². The topological polar surface area (TPSA) is 113 Å². The molecule has 3 heterocycles. The Morgan fingerprint density at radius 2 is 2.19 bits per heavy atom. The van der Waals surface area contributed by atoms with Crippen LogP contribution in [0.15, 0.2) is 24.5 Å². The first-order chi connectivity index (χ1) is 15.6. The van der Waals surface area contributed by atoms with Crippen LogP contribution in [0.1, 0.15) is 58.3 Å². The van der Waals surface area contributed by atoms with Crippen LogP contribution in [0.5, 0.6) is 5.75 Å². The quantitative estimate of drug-likeness (QED) is 0.403. The Hall–Kier alpha value is -1.74. The van der Waals surface area contributed by atoms with Gasteiger partial charge in [0.2, 0.25) is 5.91 Å². The highest BCUT2D eigenvalue weighted by atomic mass is 16.5. The van der Waals surface area contributed by atoms with Crippen molar-refractivity contribution in [3.63, 3.8) is 0 Å². The van der Waals surface area contributed by atoms with E-state index in [2.05, 4.69) is 15.6 Å². The van der Waals surface area contributed by atoms with Gasteiger partial charge in [0.25, 0.3) is 0 Å². The number of aromatic nitrogens is 1. The number of nitrogens with zero attached hydrogens (tertiary/aromatic N) is 1. The van der Waals surface area contributed by atoms with Crippen LogP contribution in [-0.4, -0.2) is 71.3 Å². The Morgan fingerprint density at radius 1 is 1.31 bits per heavy atom. The molecule has 0 unspecified atom stereocenters. The highest BCUT2D eigenvalue weighted by molar-refractivity contribution is 5.82. The predicted molar refractivity (Wildman–Crippen MR) is 121 cm³/mol. The molecule has 0 saturated carbocycles. The van der Waals surface area contributed by atoms with E-state index in [0.717, 1.165) is 50.8 Å². The van der Waals surface area contributed by atoms with E-state index in [4.69, 9.17) is 9.47 Å². The first kappa shape index (κ1) is 24.9. The van der Waals surface area contributed by atoms with Crippen LogP contribution < -0.4 is 15.4 Å². The average Bonchev–Trinajstić information content (AvgIpc) is 3.06. The molecule has 0 radical (unpaired) electrons. The standard InChI is InChI=1S/C24H39N3O5/c1-2-19(23-22(29)21(28)11-15-32-23)27-24(30)20-9-8-17(10-13-26-20)6-3-4-14-31-18-7-5-12-25-16-18/h5,7,12,16-17,19-23,26,28-29H,2-4,6,8-11,13-15H2,1H3,(H,27,30)/t17-,19+,20-,21+,22+,23+/m0/s1. The van der Waals surface area contributed by atoms with E-state index < -0.39 is 18.3 Å². The Morgan fingerprint density at radius 3 is 2.97 bits per heavy atom. The van der Waals surface area contributed by atoms with Crippen molar-refractivity contribution in [2.24, 2.45) is 5.92 Å². The lowest BCUT2D eigenvalue weighted by atomic mass is 9.93. The zero-order valence-corrected chi connectivity index (χ0v) is 19.1. The molecule has 0 aromatic carbocycles. The van der Waals surface area contributed by atoms with Crippen molar-refractivity contribution in [1.29, 1.82) is 0 Å². The van der Waals surface area contributed by atoms with Crippen LogP contribution in [0, 0.1) is 5.92 Å². The summed E-state index contributed by atoms with van der Waals surface area (Å²) >= 11 is 0. The lowest BCUT2D eigenvalue weighted by Crippen LogP contribution is -2.58. The maximum Gasteiger partial charge on any atom is 0.237 e. The molecule has 2 aliphatic heterocycles. The molecule has 2 aliphatic rings. The van der Waals surface area contributed by atoms with Gasteiger partial charge in [-0.15, -0.1) is 0 Å². The lowest BCUT2D eigenvalue weighted by molar-refractivity contribution is -0.150. The maximum atomic E-state index is 12.9. The number of amides is 1. The van der Waals surface area contributed by atoms with Gasteiger partial charge in [-0.3, -0.25) is 9.78 Å². The van der Waals surface area contributed by atoms with Crippen LogP contribution >= 0.6 is 0 Å². The molecular weight excluding hydrogens is 410 g/mol. The van der Waals surface area contributed by atoms with Gasteiger partial charge in [0, 0.05) is 12.8 Å². The summed E-state index contributed by atoms with van der Waals surface area (Å²) < 4.78 is 11.4. The van der Waals surface area contributed by atoms with Gasteiger partial charge in [0.1, 0.15) is 18.0 Å². The predicted octanol–water partition coefficient (Wildman–Crippen LogP) is 1.79. The minimum Gasteiger partial charge on any atom is -0.492 e. The lowest BCUT2D eigenvalue weighted by Gasteiger charge is -2.37. The Kier molecular flexibility index (Phi) is 10.2. The van der Waals surface area contributed by atoms with Crippen molar-refractivity contribution >= 4 is 5.91 Å². The molecule has 2 fully saturated rings. The number of hydrogen-bond acceptors (Lipinski definition) is 7. The van der Waals surface area contributed by atoms with Gasteiger partial charge < -0.3 is 30.3 Å². The summed E-state index contributed by atoms with van der Waals surface area (Å²) in [6.45, 7) is 3.87.